The van der Waals surface area contributed by atoms with Crippen LogP contribution < -0.4 is 10.3 Å². The molecule has 1 atom stereocenters. The van der Waals surface area contributed by atoms with E-state index in [1.807, 2.05) is 6.92 Å². The van der Waals surface area contributed by atoms with Crippen LogP contribution in [0.3, 0.4) is 0 Å². The minimum absolute atomic E-state index is 0.0969. The fraction of sp³-hybridized carbons (Fsp3) is 0.474. The van der Waals surface area contributed by atoms with Crippen LogP contribution in [0.1, 0.15) is 31.1 Å². The van der Waals surface area contributed by atoms with Gasteiger partial charge in [-0.05, 0) is 26.8 Å². The predicted octanol–water partition coefficient (Wildman–Crippen LogP) is 2.43. The second-order valence-electron chi connectivity index (χ2n) is 7.33. The Morgan fingerprint density at radius 1 is 1.30 bits per heavy atom. The Labute approximate surface area is 155 Å². The first kappa shape index (κ1) is 19.3. The van der Waals surface area contributed by atoms with Gasteiger partial charge in [0.2, 0.25) is 5.43 Å². The first-order valence-electron chi connectivity index (χ1n) is 8.88. The molecule has 0 saturated carbocycles. The molecule has 1 unspecified atom stereocenters. The molecule has 146 valence electrons. The Hall–Kier alpha value is -2.48. The molecule has 1 N–H and O–H groups in total. The van der Waals surface area contributed by atoms with Crippen LogP contribution in [0, 0.1) is 11.6 Å². The number of aromatic carboxylic acids is 1. The molecule has 27 heavy (non-hydrogen) atoms. The number of piperazine rings is 1. The minimum atomic E-state index is -1.43. The maximum Gasteiger partial charge on any atom is 0.341 e. The van der Waals surface area contributed by atoms with E-state index >= 15 is 4.39 Å². The normalized spacial score (nSPS) is 18.5. The number of carbonyl (C=O) groups is 1. The van der Waals surface area contributed by atoms with Crippen LogP contribution in [0.4, 0.5) is 14.5 Å². The van der Waals surface area contributed by atoms with Crippen molar-refractivity contribution in [2.45, 2.75) is 32.9 Å². The lowest BCUT2D eigenvalue weighted by Gasteiger charge is -2.43. The maximum absolute atomic E-state index is 15.3. The fourth-order valence-electron chi connectivity index (χ4n) is 3.96. The Morgan fingerprint density at radius 2 is 1.96 bits per heavy atom. The molecule has 1 aliphatic heterocycles. The summed E-state index contributed by atoms with van der Waals surface area (Å²) in [6.07, 6.45) is 1.07. The Balaban J connectivity index is 2.14. The van der Waals surface area contributed by atoms with Crippen molar-refractivity contribution in [3.05, 3.63) is 39.7 Å². The van der Waals surface area contributed by atoms with Gasteiger partial charge in [-0.3, -0.25) is 9.69 Å². The van der Waals surface area contributed by atoms with E-state index in [1.165, 1.54) is 11.6 Å². The summed E-state index contributed by atoms with van der Waals surface area (Å²) in [7, 11) is 1.44. The van der Waals surface area contributed by atoms with Crippen molar-refractivity contribution < 1.29 is 18.7 Å². The quantitative estimate of drug-likeness (QED) is 0.887. The highest BCUT2D eigenvalue weighted by Crippen LogP contribution is 2.31. The number of hydrogen-bond acceptors (Lipinski definition) is 4. The van der Waals surface area contributed by atoms with Gasteiger partial charge in [-0.1, -0.05) is 0 Å². The van der Waals surface area contributed by atoms with Gasteiger partial charge in [-0.15, -0.1) is 0 Å². The van der Waals surface area contributed by atoms with Crippen molar-refractivity contribution in [2.24, 2.45) is 7.05 Å². The van der Waals surface area contributed by atoms with Gasteiger partial charge >= 0.3 is 5.97 Å². The van der Waals surface area contributed by atoms with Crippen LogP contribution >= 0.6 is 0 Å². The van der Waals surface area contributed by atoms with Gasteiger partial charge in [0.05, 0.1) is 10.9 Å². The van der Waals surface area contributed by atoms with Gasteiger partial charge in [-0.2, -0.15) is 0 Å². The van der Waals surface area contributed by atoms with Gasteiger partial charge in [0.15, 0.2) is 5.82 Å². The zero-order valence-electron chi connectivity index (χ0n) is 15.8. The molecule has 2 heterocycles. The number of pyridine rings is 1. The lowest BCUT2D eigenvalue weighted by molar-refractivity contribution is 0.0695. The van der Waals surface area contributed by atoms with Crippen molar-refractivity contribution in [1.82, 2.24) is 9.47 Å². The molecule has 2 aromatic rings. The Morgan fingerprint density at radius 3 is 2.52 bits per heavy atom. The van der Waals surface area contributed by atoms with Crippen molar-refractivity contribution in [3.63, 3.8) is 0 Å². The summed E-state index contributed by atoms with van der Waals surface area (Å²) in [5, 5.41) is 8.86. The fourth-order valence-corrected chi connectivity index (χ4v) is 3.96. The number of fused-ring (bicyclic) bond motifs is 1. The summed E-state index contributed by atoms with van der Waals surface area (Å²) >= 11 is 0. The number of anilines is 1. The highest BCUT2D eigenvalue weighted by molar-refractivity contribution is 5.93. The van der Waals surface area contributed by atoms with Gasteiger partial charge in [-0.25, -0.2) is 13.6 Å². The minimum Gasteiger partial charge on any atom is -0.477 e. The van der Waals surface area contributed by atoms with E-state index in [4.69, 9.17) is 5.11 Å². The van der Waals surface area contributed by atoms with Crippen LogP contribution in [0.2, 0.25) is 0 Å². The first-order chi connectivity index (χ1) is 12.6. The Bertz CT molecular complexity index is 971. The predicted molar refractivity (Wildman–Crippen MR) is 99.6 cm³/mol. The molecular formula is C19H23F2N3O3. The highest BCUT2D eigenvalue weighted by Gasteiger charge is 2.30. The largest absolute Gasteiger partial charge is 0.477 e. The third-order valence-electron chi connectivity index (χ3n) is 5.22. The summed E-state index contributed by atoms with van der Waals surface area (Å²) in [5.41, 5.74) is -1.68. The van der Waals surface area contributed by atoms with E-state index in [1.54, 1.807) is 4.90 Å². The number of carboxylic acids is 1. The molecule has 0 radical (unpaired) electrons. The second-order valence-corrected chi connectivity index (χ2v) is 7.33. The number of nitrogens with zero attached hydrogens (tertiary/aromatic N) is 3. The molecule has 0 spiro atoms. The van der Waals surface area contributed by atoms with E-state index < -0.39 is 28.6 Å². The van der Waals surface area contributed by atoms with Crippen LogP contribution in [-0.4, -0.2) is 52.3 Å². The average Bonchev–Trinajstić information content (AvgIpc) is 2.57. The summed E-state index contributed by atoms with van der Waals surface area (Å²) < 4.78 is 31.3. The Kier molecular flexibility index (Phi) is 4.94. The van der Waals surface area contributed by atoms with Crippen molar-refractivity contribution in [2.75, 3.05) is 24.5 Å². The van der Waals surface area contributed by atoms with Gasteiger partial charge < -0.3 is 14.6 Å². The molecular weight excluding hydrogens is 356 g/mol. The number of carboxylic acid groups (broad SMARTS) is 1. The third-order valence-corrected chi connectivity index (χ3v) is 5.22. The van der Waals surface area contributed by atoms with Crippen LogP contribution in [0.25, 0.3) is 10.9 Å². The molecule has 1 aromatic heterocycles. The molecule has 0 aliphatic carbocycles. The summed E-state index contributed by atoms with van der Waals surface area (Å²) in [6, 6.07) is 1.40. The van der Waals surface area contributed by atoms with E-state index in [0.717, 1.165) is 12.3 Å². The van der Waals surface area contributed by atoms with Crippen LogP contribution in [0.15, 0.2) is 17.1 Å². The van der Waals surface area contributed by atoms with Crippen molar-refractivity contribution in [3.8, 4) is 0 Å². The van der Waals surface area contributed by atoms with Gasteiger partial charge in [0.1, 0.15) is 17.1 Å². The molecule has 1 fully saturated rings. The van der Waals surface area contributed by atoms with Gasteiger partial charge in [0.25, 0.3) is 0 Å². The monoisotopic (exact) mass is 379 g/mol. The first-order valence-corrected chi connectivity index (χ1v) is 8.88. The lowest BCUT2D eigenvalue weighted by Crippen LogP contribution is -2.54. The molecule has 0 bridgehead atoms. The molecule has 1 aromatic carbocycles. The second kappa shape index (κ2) is 6.92. The summed E-state index contributed by atoms with van der Waals surface area (Å²) in [4.78, 5) is 27.5. The van der Waals surface area contributed by atoms with E-state index in [9.17, 15) is 14.0 Å². The SMILES string of the molecule is CC(C)N1CCN(c2c(F)cc3c(=O)c(C(=O)O)cn(C)c3c2F)CC1C. The molecule has 1 saturated heterocycles. The molecule has 6 nitrogen and oxygen atoms in total. The van der Waals surface area contributed by atoms with Crippen molar-refractivity contribution in [1.29, 1.82) is 0 Å². The zero-order chi connectivity index (χ0) is 20.0. The van der Waals surface area contributed by atoms with E-state index in [0.29, 0.717) is 25.7 Å². The number of rotatable bonds is 3. The smallest absolute Gasteiger partial charge is 0.341 e. The number of hydrogen-bond donors (Lipinski definition) is 1. The zero-order valence-corrected chi connectivity index (χ0v) is 15.8. The number of aromatic nitrogens is 1. The maximum atomic E-state index is 15.3. The third kappa shape index (κ3) is 3.18. The van der Waals surface area contributed by atoms with Gasteiger partial charge in [0, 0.05) is 45.0 Å². The number of halogens is 2. The highest BCUT2D eigenvalue weighted by atomic mass is 19.1. The summed E-state index contributed by atoms with van der Waals surface area (Å²) in [6.45, 7) is 7.77. The molecule has 3 rings (SSSR count). The molecule has 8 heteroatoms. The summed E-state index contributed by atoms with van der Waals surface area (Å²) in [5.74, 6) is -3.13. The topological polar surface area (TPSA) is 65.8 Å². The number of benzene rings is 1. The van der Waals surface area contributed by atoms with Crippen LogP contribution in [-0.2, 0) is 7.05 Å². The molecule has 0 amide bonds. The standard InChI is InChI=1S/C19H23F2N3O3/c1-10(2)24-6-5-23(8-11(24)3)17-14(20)7-12-16(15(17)21)22(4)9-13(18(12)25)19(26)27/h7,9-11H,5-6,8H2,1-4H3,(H,26,27). The molecule has 1 aliphatic rings. The lowest BCUT2D eigenvalue weighted by atomic mass is 10.1. The van der Waals surface area contributed by atoms with Crippen LogP contribution in [0.5, 0.6) is 0 Å². The van der Waals surface area contributed by atoms with E-state index in [2.05, 4.69) is 18.7 Å². The number of aryl methyl sites for hydroxylation is 1. The van der Waals surface area contributed by atoms with E-state index in [-0.39, 0.29) is 22.6 Å². The van der Waals surface area contributed by atoms with Crippen molar-refractivity contribution >= 4 is 22.6 Å². The average molecular weight is 379 g/mol.